The van der Waals surface area contributed by atoms with Crippen LogP contribution in [0.5, 0.6) is 5.75 Å². The molecule has 2 rings (SSSR count). The van der Waals surface area contributed by atoms with Crippen molar-refractivity contribution in [2.45, 2.75) is 40.0 Å². The van der Waals surface area contributed by atoms with Gasteiger partial charge in [-0.05, 0) is 62.2 Å². The maximum absolute atomic E-state index is 12.3. The molecule has 7 heteroatoms. The number of nitriles is 2. The van der Waals surface area contributed by atoms with E-state index in [-0.39, 0.29) is 24.7 Å². The Labute approximate surface area is 182 Å². The highest BCUT2D eigenvalue weighted by molar-refractivity contribution is 5.76. The molecule has 0 saturated carbocycles. The number of azo groups is 1. The minimum Gasteiger partial charge on any atom is -0.490 e. The van der Waals surface area contributed by atoms with E-state index in [0.717, 1.165) is 19.3 Å². The molecule has 7 nitrogen and oxygen atoms in total. The normalized spacial score (nSPS) is 12.5. The van der Waals surface area contributed by atoms with Crippen molar-refractivity contribution in [3.05, 3.63) is 53.6 Å². The summed E-state index contributed by atoms with van der Waals surface area (Å²) >= 11 is 0. The fourth-order valence-corrected chi connectivity index (χ4v) is 2.95. The smallest absolute Gasteiger partial charge is 0.311 e. The predicted octanol–water partition coefficient (Wildman–Crippen LogP) is 5.98. The highest BCUT2D eigenvalue weighted by Gasteiger charge is 2.31. The zero-order valence-electron chi connectivity index (χ0n) is 18.1. The SMILES string of the molecule is CCCC(C)(CC)C(=O)OCCOc1ccc(N=Nc2ccc(C#N)cc2C#N)cc1. The Hall–Kier alpha value is -3.71. The van der Waals surface area contributed by atoms with E-state index in [1.807, 2.05) is 26.0 Å². The van der Waals surface area contributed by atoms with E-state index in [9.17, 15) is 10.1 Å². The van der Waals surface area contributed by atoms with Gasteiger partial charge in [0.15, 0.2) is 0 Å². The van der Waals surface area contributed by atoms with Crippen molar-refractivity contribution in [1.29, 1.82) is 10.5 Å². The molecule has 0 N–H and O–H groups in total. The zero-order valence-corrected chi connectivity index (χ0v) is 18.1. The molecule has 0 aliphatic heterocycles. The Morgan fingerprint density at radius 1 is 1.03 bits per heavy atom. The minimum atomic E-state index is -0.443. The first kappa shape index (κ1) is 23.6. The van der Waals surface area contributed by atoms with E-state index in [2.05, 4.69) is 17.2 Å². The maximum atomic E-state index is 12.3. The van der Waals surface area contributed by atoms with Crippen LogP contribution in [0, 0.1) is 28.1 Å². The lowest BCUT2D eigenvalue weighted by Gasteiger charge is -2.25. The standard InChI is InChI=1S/C24H26N4O3/c1-4-12-24(3,5-2)23(29)31-14-13-30-21-9-7-20(8-10-21)27-28-22-11-6-18(16-25)15-19(22)17-26/h6-11,15H,4-5,12-14H2,1-3H3. The summed E-state index contributed by atoms with van der Waals surface area (Å²) in [6.45, 7) is 6.43. The summed E-state index contributed by atoms with van der Waals surface area (Å²) in [7, 11) is 0. The number of nitrogens with zero attached hydrogens (tertiary/aromatic N) is 4. The Bertz CT molecular complexity index is 1000. The van der Waals surface area contributed by atoms with Crippen LogP contribution >= 0.6 is 0 Å². The first-order valence-corrected chi connectivity index (χ1v) is 10.2. The van der Waals surface area contributed by atoms with Crippen LogP contribution in [0.15, 0.2) is 52.7 Å². The van der Waals surface area contributed by atoms with E-state index in [0.29, 0.717) is 22.7 Å². The van der Waals surface area contributed by atoms with Gasteiger partial charge in [0, 0.05) is 0 Å². The van der Waals surface area contributed by atoms with Gasteiger partial charge in [0.2, 0.25) is 0 Å². The molecule has 0 aliphatic rings. The summed E-state index contributed by atoms with van der Waals surface area (Å²) in [6, 6.07) is 15.6. The van der Waals surface area contributed by atoms with Gasteiger partial charge in [-0.15, -0.1) is 5.11 Å². The number of hydrogen-bond donors (Lipinski definition) is 0. The molecular weight excluding hydrogens is 392 g/mol. The van der Waals surface area contributed by atoms with Crippen LogP contribution in [0.2, 0.25) is 0 Å². The molecule has 0 bridgehead atoms. The summed E-state index contributed by atoms with van der Waals surface area (Å²) in [5, 5.41) is 26.3. The van der Waals surface area contributed by atoms with Crippen molar-refractivity contribution in [3.8, 4) is 17.9 Å². The van der Waals surface area contributed by atoms with E-state index in [4.69, 9.17) is 14.7 Å². The van der Waals surface area contributed by atoms with Crippen LogP contribution in [0.3, 0.4) is 0 Å². The number of esters is 1. The molecule has 0 aliphatic carbocycles. The molecule has 0 amide bonds. The molecule has 0 heterocycles. The first-order valence-electron chi connectivity index (χ1n) is 10.2. The quantitative estimate of drug-likeness (QED) is 0.268. The fourth-order valence-electron chi connectivity index (χ4n) is 2.95. The summed E-state index contributed by atoms with van der Waals surface area (Å²) in [5.41, 5.74) is 1.22. The summed E-state index contributed by atoms with van der Waals surface area (Å²) < 4.78 is 11.0. The van der Waals surface area contributed by atoms with E-state index in [1.165, 1.54) is 6.07 Å². The van der Waals surface area contributed by atoms with Gasteiger partial charge in [-0.2, -0.15) is 15.6 Å². The Morgan fingerprint density at radius 2 is 1.77 bits per heavy atom. The lowest BCUT2D eigenvalue weighted by molar-refractivity contribution is -0.156. The van der Waals surface area contributed by atoms with Gasteiger partial charge in [0.25, 0.3) is 0 Å². The molecule has 2 aromatic carbocycles. The minimum absolute atomic E-state index is 0.184. The molecule has 0 spiro atoms. The lowest BCUT2D eigenvalue weighted by Crippen LogP contribution is -2.30. The van der Waals surface area contributed by atoms with Crippen LogP contribution in [0.4, 0.5) is 11.4 Å². The third-order valence-electron chi connectivity index (χ3n) is 5.02. The van der Waals surface area contributed by atoms with Gasteiger partial charge >= 0.3 is 5.97 Å². The number of carbonyl (C=O) groups is 1. The van der Waals surface area contributed by atoms with Gasteiger partial charge in [-0.3, -0.25) is 4.79 Å². The molecular formula is C24H26N4O3. The summed E-state index contributed by atoms with van der Waals surface area (Å²) in [5.74, 6) is 0.439. The Balaban J connectivity index is 1.88. The van der Waals surface area contributed by atoms with Crippen molar-refractivity contribution >= 4 is 17.3 Å². The van der Waals surface area contributed by atoms with E-state index >= 15 is 0 Å². The third kappa shape index (κ3) is 6.65. The second-order valence-corrected chi connectivity index (χ2v) is 7.30. The maximum Gasteiger partial charge on any atom is 0.311 e. The van der Waals surface area contributed by atoms with Gasteiger partial charge in [-0.25, -0.2) is 0 Å². The van der Waals surface area contributed by atoms with Crippen molar-refractivity contribution in [3.63, 3.8) is 0 Å². The molecule has 160 valence electrons. The summed E-state index contributed by atoms with van der Waals surface area (Å²) in [6.07, 6.45) is 2.48. The van der Waals surface area contributed by atoms with Crippen LogP contribution in [0.1, 0.15) is 51.2 Å². The average molecular weight is 418 g/mol. The van der Waals surface area contributed by atoms with Crippen LogP contribution < -0.4 is 4.74 Å². The highest BCUT2D eigenvalue weighted by Crippen LogP contribution is 2.29. The zero-order chi connectivity index (χ0) is 22.7. The fraction of sp³-hybridized carbons (Fsp3) is 0.375. The monoisotopic (exact) mass is 418 g/mol. The van der Waals surface area contributed by atoms with Crippen LogP contribution in [-0.2, 0) is 9.53 Å². The molecule has 0 fully saturated rings. The van der Waals surface area contributed by atoms with E-state index < -0.39 is 5.41 Å². The molecule has 1 unspecified atom stereocenters. The van der Waals surface area contributed by atoms with Crippen molar-refractivity contribution in [2.24, 2.45) is 15.6 Å². The van der Waals surface area contributed by atoms with Crippen molar-refractivity contribution in [2.75, 3.05) is 13.2 Å². The molecule has 1 atom stereocenters. The first-order chi connectivity index (χ1) is 15.0. The molecule has 0 saturated heterocycles. The van der Waals surface area contributed by atoms with Gasteiger partial charge in [0.05, 0.1) is 28.3 Å². The average Bonchev–Trinajstić information content (AvgIpc) is 2.80. The van der Waals surface area contributed by atoms with Crippen molar-refractivity contribution in [1.82, 2.24) is 0 Å². The van der Waals surface area contributed by atoms with Gasteiger partial charge in [-0.1, -0.05) is 20.3 Å². The lowest BCUT2D eigenvalue weighted by atomic mass is 9.83. The highest BCUT2D eigenvalue weighted by atomic mass is 16.6. The van der Waals surface area contributed by atoms with E-state index in [1.54, 1.807) is 36.4 Å². The second-order valence-electron chi connectivity index (χ2n) is 7.30. The molecule has 0 aromatic heterocycles. The molecule has 2 aromatic rings. The van der Waals surface area contributed by atoms with Crippen LogP contribution in [0.25, 0.3) is 0 Å². The number of benzene rings is 2. The van der Waals surface area contributed by atoms with Crippen molar-refractivity contribution < 1.29 is 14.3 Å². The van der Waals surface area contributed by atoms with Gasteiger partial charge < -0.3 is 9.47 Å². The number of rotatable bonds is 10. The predicted molar refractivity (Wildman–Crippen MR) is 116 cm³/mol. The number of carbonyl (C=O) groups excluding carboxylic acids is 1. The van der Waals surface area contributed by atoms with Gasteiger partial charge in [0.1, 0.15) is 30.7 Å². The molecule has 31 heavy (non-hydrogen) atoms. The topological polar surface area (TPSA) is 108 Å². The molecule has 0 radical (unpaired) electrons. The Kier molecular flexibility index (Phi) is 8.72. The number of hydrogen-bond acceptors (Lipinski definition) is 7. The summed E-state index contributed by atoms with van der Waals surface area (Å²) in [4.78, 5) is 12.3. The number of ether oxygens (including phenoxy) is 2. The third-order valence-corrected chi connectivity index (χ3v) is 5.02. The largest absolute Gasteiger partial charge is 0.490 e. The Morgan fingerprint density at radius 3 is 2.39 bits per heavy atom. The second kappa shape index (κ2) is 11.5. The van der Waals surface area contributed by atoms with Crippen LogP contribution in [-0.4, -0.2) is 19.2 Å².